The molecular formula is C16H13N5OS2. The minimum Gasteiger partial charge on any atom is -0.319 e. The molecule has 0 saturated carbocycles. The third-order valence-electron chi connectivity index (χ3n) is 3.63. The predicted octanol–water partition coefficient (Wildman–Crippen LogP) is 3.71. The fourth-order valence-corrected chi connectivity index (χ4v) is 3.98. The molecule has 6 nitrogen and oxygen atoms in total. The van der Waals surface area contributed by atoms with Crippen LogP contribution in [0.25, 0.3) is 21.6 Å². The van der Waals surface area contributed by atoms with Gasteiger partial charge in [0.25, 0.3) is 5.91 Å². The van der Waals surface area contributed by atoms with Gasteiger partial charge in [0, 0.05) is 28.8 Å². The summed E-state index contributed by atoms with van der Waals surface area (Å²) < 4.78 is 1.73. The Kier molecular flexibility index (Phi) is 3.62. The number of hydrogen-bond donors (Lipinski definition) is 1. The third-order valence-corrected chi connectivity index (χ3v) is 5.20. The van der Waals surface area contributed by atoms with Gasteiger partial charge in [0.1, 0.15) is 10.7 Å². The van der Waals surface area contributed by atoms with Crippen molar-refractivity contribution in [2.45, 2.75) is 6.92 Å². The van der Waals surface area contributed by atoms with Crippen molar-refractivity contribution >= 4 is 45.3 Å². The predicted molar refractivity (Wildman–Crippen MR) is 96.6 cm³/mol. The lowest BCUT2D eigenvalue weighted by Crippen LogP contribution is -2.12. The molecule has 0 spiro atoms. The van der Waals surface area contributed by atoms with Crippen LogP contribution in [0.3, 0.4) is 0 Å². The van der Waals surface area contributed by atoms with Gasteiger partial charge in [-0.1, -0.05) is 0 Å². The van der Waals surface area contributed by atoms with Crippen molar-refractivity contribution in [3.05, 3.63) is 45.9 Å². The smallest absolute Gasteiger partial charge is 0.275 e. The number of amides is 1. The Labute approximate surface area is 145 Å². The van der Waals surface area contributed by atoms with Crippen molar-refractivity contribution < 1.29 is 4.79 Å². The van der Waals surface area contributed by atoms with Gasteiger partial charge in [0.2, 0.25) is 0 Å². The number of carbonyl (C=O) groups excluding carboxylic acids is 1. The first kappa shape index (κ1) is 15.0. The zero-order chi connectivity index (χ0) is 16.7. The average molecular weight is 355 g/mol. The molecule has 24 heavy (non-hydrogen) atoms. The number of thiazole rings is 1. The summed E-state index contributed by atoms with van der Waals surface area (Å²) >= 11 is 3.07. The number of fused-ring (bicyclic) bond motifs is 1. The van der Waals surface area contributed by atoms with Gasteiger partial charge in [0.15, 0.2) is 5.65 Å². The number of rotatable bonds is 3. The van der Waals surface area contributed by atoms with Gasteiger partial charge in [-0.2, -0.15) is 16.4 Å². The Hall–Kier alpha value is -2.58. The van der Waals surface area contributed by atoms with E-state index in [2.05, 4.69) is 20.4 Å². The Balaban J connectivity index is 1.59. The second-order valence-corrected chi connectivity index (χ2v) is 6.95. The van der Waals surface area contributed by atoms with Crippen molar-refractivity contribution in [2.75, 3.05) is 5.32 Å². The van der Waals surface area contributed by atoms with Gasteiger partial charge < -0.3 is 5.32 Å². The van der Waals surface area contributed by atoms with E-state index in [1.54, 1.807) is 27.6 Å². The summed E-state index contributed by atoms with van der Waals surface area (Å²) in [6.45, 7) is 1.92. The van der Waals surface area contributed by atoms with E-state index < -0.39 is 0 Å². The molecule has 4 heterocycles. The molecule has 8 heteroatoms. The van der Waals surface area contributed by atoms with Gasteiger partial charge in [-0.05, 0) is 24.4 Å². The number of anilines is 1. The highest BCUT2D eigenvalue weighted by molar-refractivity contribution is 7.14. The zero-order valence-electron chi connectivity index (χ0n) is 13.0. The summed E-state index contributed by atoms with van der Waals surface area (Å²) in [5.41, 5.74) is 3.75. The highest BCUT2D eigenvalue weighted by Crippen LogP contribution is 2.26. The SMILES string of the molecule is Cc1nn(C)c2ncc(NC(=O)c3csc(-c4ccsc4)n3)cc12. The monoisotopic (exact) mass is 355 g/mol. The van der Waals surface area contributed by atoms with Crippen LogP contribution in [0.1, 0.15) is 16.2 Å². The number of carbonyl (C=O) groups is 1. The molecule has 0 bridgehead atoms. The molecule has 0 radical (unpaired) electrons. The maximum absolute atomic E-state index is 12.4. The lowest BCUT2D eigenvalue weighted by Gasteiger charge is -2.03. The largest absolute Gasteiger partial charge is 0.319 e. The fourth-order valence-electron chi connectivity index (χ4n) is 2.47. The van der Waals surface area contributed by atoms with Gasteiger partial charge in [0.05, 0.1) is 17.6 Å². The lowest BCUT2D eigenvalue weighted by molar-refractivity contribution is 0.102. The van der Waals surface area contributed by atoms with E-state index >= 15 is 0 Å². The highest BCUT2D eigenvalue weighted by atomic mass is 32.1. The summed E-state index contributed by atoms with van der Waals surface area (Å²) in [5.74, 6) is -0.240. The van der Waals surface area contributed by atoms with Crippen LogP contribution in [-0.2, 0) is 7.05 Å². The van der Waals surface area contributed by atoms with Crippen molar-refractivity contribution in [2.24, 2.45) is 7.05 Å². The summed E-state index contributed by atoms with van der Waals surface area (Å²) in [4.78, 5) is 21.2. The number of thiophene rings is 1. The van der Waals surface area contributed by atoms with Crippen LogP contribution >= 0.6 is 22.7 Å². The molecular weight excluding hydrogens is 342 g/mol. The Bertz CT molecular complexity index is 1030. The number of nitrogens with zero attached hydrogens (tertiary/aromatic N) is 4. The highest BCUT2D eigenvalue weighted by Gasteiger charge is 2.14. The average Bonchev–Trinajstić information content (AvgIpc) is 3.29. The van der Waals surface area contributed by atoms with E-state index in [4.69, 9.17) is 0 Å². The van der Waals surface area contributed by atoms with E-state index in [0.717, 1.165) is 27.3 Å². The topological polar surface area (TPSA) is 72.7 Å². The van der Waals surface area contributed by atoms with E-state index in [1.807, 2.05) is 36.9 Å². The number of pyridine rings is 1. The van der Waals surface area contributed by atoms with Gasteiger partial charge in [-0.3, -0.25) is 9.48 Å². The van der Waals surface area contributed by atoms with Crippen LogP contribution in [0, 0.1) is 6.92 Å². The zero-order valence-corrected chi connectivity index (χ0v) is 14.6. The van der Waals surface area contributed by atoms with E-state index in [0.29, 0.717) is 11.4 Å². The van der Waals surface area contributed by atoms with Gasteiger partial charge in [-0.15, -0.1) is 11.3 Å². The molecule has 4 rings (SSSR count). The van der Waals surface area contributed by atoms with Crippen LogP contribution in [0.2, 0.25) is 0 Å². The van der Waals surface area contributed by atoms with Crippen LogP contribution in [0.4, 0.5) is 5.69 Å². The second kappa shape index (κ2) is 5.81. The van der Waals surface area contributed by atoms with E-state index in [1.165, 1.54) is 11.3 Å². The maximum atomic E-state index is 12.4. The second-order valence-electron chi connectivity index (χ2n) is 5.31. The fraction of sp³-hybridized carbons (Fsp3) is 0.125. The molecule has 0 fully saturated rings. The Morgan fingerprint density at radius 1 is 1.33 bits per heavy atom. The van der Waals surface area contributed by atoms with Crippen LogP contribution < -0.4 is 5.32 Å². The molecule has 0 aliphatic carbocycles. The summed E-state index contributed by atoms with van der Waals surface area (Å²) in [7, 11) is 1.85. The molecule has 120 valence electrons. The Morgan fingerprint density at radius 3 is 3.00 bits per heavy atom. The van der Waals surface area contributed by atoms with Crippen molar-refractivity contribution in [3.63, 3.8) is 0 Å². The summed E-state index contributed by atoms with van der Waals surface area (Å²) in [5, 5.41) is 14.7. The first-order chi connectivity index (χ1) is 11.6. The van der Waals surface area contributed by atoms with Gasteiger partial charge >= 0.3 is 0 Å². The minimum absolute atomic E-state index is 0.240. The Morgan fingerprint density at radius 2 is 2.21 bits per heavy atom. The van der Waals surface area contributed by atoms with Crippen LogP contribution in [0.5, 0.6) is 0 Å². The van der Waals surface area contributed by atoms with Crippen molar-refractivity contribution in [3.8, 4) is 10.6 Å². The van der Waals surface area contributed by atoms with E-state index in [-0.39, 0.29) is 5.91 Å². The maximum Gasteiger partial charge on any atom is 0.275 e. The van der Waals surface area contributed by atoms with Crippen molar-refractivity contribution in [1.29, 1.82) is 0 Å². The summed E-state index contributed by atoms with van der Waals surface area (Å²) in [6, 6.07) is 3.88. The number of nitrogens with one attached hydrogen (secondary N) is 1. The molecule has 4 aromatic heterocycles. The molecule has 0 unspecified atom stereocenters. The minimum atomic E-state index is -0.240. The molecule has 1 amide bonds. The molecule has 0 aromatic carbocycles. The van der Waals surface area contributed by atoms with E-state index in [9.17, 15) is 4.79 Å². The van der Waals surface area contributed by atoms with Crippen LogP contribution in [0.15, 0.2) is 34.5 Å². The first-order valence-electron chi connectivity index (χ1n) is 7.20. The third kappa shape index (κ3) is 2.59. The number of aromatic nitrogens is 4. The first-order valence-corrected chi connectivity index (χ1v) is 9.03. The molecule has 1 N–H and O–H groups in total. The molecule has 0 atom stereocenters. The summed E-state index contributed by atoms with van der Waals surface area (Å²) in [6.07, 6.45) is 1.63. The molecule has 0 saturated heterocycles. The molecule has 0 aliphatic rings. The van der Waals surface area contributed by atoms with Crippen molar-refractivity contribution in [1.82, 2.24) is 19.7 Å². The van der Waals surface area contributed by atoms with Gasteiger partial charge in [-0.25, -0.2) is 9.97 Å². The quantitative estimate of drug-likeness (QED) is 0.608. The number of hydrogen-bond acceptors (Lipinski definition) is 6. The van der Waals surface area contributed by atoms with Crippen LogP contribution in [-0.4, -0.2) is 25.7 Å². The molecule has 4 aromatic rings. The lowest BCUT2D eigenvalue weighted by atomic mass is 10.2. The standard InChI is InChI=1S/C16H13N5OS2/c1-9-12-5-11(6-17-14(12)21(2)20-9)18-15(22)13-8-24-16(19-13)10-3-4-23-7-10/h3-8H,1-2H3,(H,18,22). The molecule has 0 aliphatic heterocycles. The normalized spacial score (nSPS) is 11.1. The number of aryl methyl sites for hydroxylation is 2.